The molecule has 15 heavy (non-hydrogen) atoms. The van der Waals surface area contributed by atoms with Crippen LogP contribution >= 0.6 is 0 Å². The van der Waals surface area contributed by atoms with Crippen LogP contribution in [0, 0.1) is 0 Å². The number of nitrogens with zero attached hydrogens (tertiary/aromatic N) is 2. The number of rotatable bonds is 1. The highest BCUT2D eigenvalue weighted by molar-refractivity contribution is 5.96. The van der Waals surface area contributed by atoms with Crippen molar-refractivity contribution in [3.8, 4) is 0 Å². The smallest absolute Gasteiger partial charge is 0.256 e. The molecule has 1 aromatic carbocycles. The molecule has 72 valence electrons. The van der Waals surface area contributed by atoms with Gasteiger partial charge in [0.1, 0.15) is 11.4 Å². The van der Waals surface area contributed by atoms with Crippen molar-refractivity contribution in [2.45, 2.75) is 0 Å². The molecule has 3 rings (SSSR count). The standard InChI is InChI=1S/C12H9N3/c1-2-6-10-9(5-1)14-12(15-10)11-7-3-4-8-13-11/h1-8H,(H,14,15)/p+1. The molecule has 1 aliphatic heterocycles. The highest BCUT2D eigenvalue weighted by Crippen LogP contribution is 2.23. The number of quaternary nitrogens is 1. The van der Waals surface area contributed by atoms with Gasteiger partial charge >= 0.3 is 0 Å². The highest BCUT2D eigenvalue weighted by atomic mass is 15.1. The third kappa shape index (κ3) is 1.43. The molecule has 2 heterocycles. The molecule has 3 nitrogen and oxygen atoms in total. The van der Waals surface area contributed by atoms with Gasteiger partial charge in [0.05, 0.1) is 0 Å². The minimum atomic E-state index is 0.925. The van der Waals surface area contributed by atoms with Crippen molar-refractivity contribution in [2.24, 2.45) is 4.99 Å². The lowest BCUT2D eigenvalue weighted by molar-refractivity contribution is -0.437. The zero-order valence-corrected chi connectivity index (χ0v) is 8.09. The van der Waals surface area contributed by atoms with Crippen LogP contribution in [0.3, 0.4) is 0 Å². The number of benzene rings is 1. The van der Waals surface area contributed by atoms with Crippen LogP contribution in [0.15, 0.2) is 53.7 Å². The van der Waals surface area contributed by atoms with Gasteiger partial charge < -0.3 is 0 Å². The topological polar surface area (TPSA) is 41.9 Å². The molecule has 0 spiro atoms. The van der Waals surface area contributed by atoms with Crippen LogP contribution in [0.25, 0.3) is 0 Å². The maximum atomic E-state index is 4.52. The summed E-state index contributed by atoms with van der Waals surface area (Å²) >= 11 is 0. The second-order valence-electron chi connectivity index (χ2n) is 3.42. The Labute approximate surface area is 87.5 Å². The van der Waals surface area contributed by atoms with Crippen molar-refractivity contribution in [3.63, 3.8) is 0 Å². The summed E-state index contributed by atoms with van der Waals surface area (Å²) in [7, 11) is 0. The minimum absolute atomic E-state index is 0.925. The summed E-state index contributed by atoms with van der Waals surface area (Å²) in [5.74, 6) is 0.941. The van der Waals surface area contributed by atoms with Crippen LogP contribution < -0.4 is 5.32 Å². The van der Waals surface area contributed by atoms with Gasteiger partial charge in [0.25, 0.3) is 5.84 Å². The molecule has 0 atom stereocenters. The molecule has 0 amide bonds. The van der Waals surface area contributed by atoms with Gasteiger partial charge in [-0.25, -0.2) is 4.98 Å². The predicted molar refractivity (Wildman–Crippen MR) is 58.5 cm³/mol. The number of aliphatic imine (C=N–C) groups is 1. The molecule has 0 fully saturated rings. The highest BCUT2D eigenvalue weighted by Gasteiger charge is 2.20. The molecule has 0 aliphatic carbocycles. The summed E-state index contributed by atoms with van der Waals surface area (Å²) in [5.41, 5.74) is 3.12. The predicted octanol–water partition coefficient (Wildman–Crippen LogP) is 1.37. The van der Waals surface area contributed by atoms with Crippen molar-refractivity contribution in [3.05, 3.63) is 54.4 Å². The fourth-order valence-electron chi connectivity index (χ4n) is 1.67. The Balaban J connectivity index is 2.02. The molecular formula is C12H10N3+. The molecule has 0 saturated heterocycles. The Morgan fingerprint density at radius 2 is 1.80 bits per heavy atom. The second kappa shape index (κ2) is 3.29. The van der Waals surface area contributed by atoms with Crippen LogP contribution in [0.2, 0.25) is 0 Å². The van der Waals surface area contributed by atoms with Crippen LogP contribution in [0.4, 0.5) is 11.4 Å². The lowest BCUT2D eigenvalue weighted by atomic mass is 10.3. The summed E-state index contributed by atoms with van der Waals surface area (Å²) in [6, 6.07) is 14.0. The second-order valence-corrected chi connectivity index (χ2v) is 3.42. The number of para-hydroxylation sites is 2. The van der Waals surface area contributed by atoms with Crippen LogP contribution in [0.5, 0.6) is 0 Å². The van der Waals surface area contributed by atoms with E-state index in [1.165, 1.54) is 0 Å². The van der Waals surface area contributed by atoms with Gasteiger partial charge in [-0.15, -0.1) is 0 Å². The first-order valence-corrected chi connectivity index (χ1v) is 4.87. The Morgan fingerprint density at radius 3 is 2.60 bits per heavy atom. The Hall–Kier alpha value is -2.00. The molecule has 0 saturated carbocycles. The number of amidine groups is 1. The van der Waals surface area contributed by atoms with Crippen LogP contribution in [-0.4, -0.2) is 10.8 Å². The first-order valence-electron chi connectivity index (χ1n) is 4.87. The minimum Gasteiger partial charge on any atom is -0.261 e. The van der Waals surface area contributed by atoms with Crippen LogP contribution in [-0.2, 0) is 0 Å². The van der Waals surface area contributed by atoms with Gasteiger partial charge in [-0.05, 0) is 18.2 Å². The molecule has 1 aliphatic rings. The van der Waals surface area contributed by atoms with Gasteiger partial charge in [-0.2, -0.15) is 4.99 Å². The molecule has 1 aromatic heterocycles. The summed E-state index contributed by atoms with van der Waals surface area (Å²) < 4.78 is 0. The van der Waals surface area contributed by atoms with Gasteiger partial charge in [0, 0.05) is 12.3 Å². The van der Waals surface area contributed by atoms with Gasteiger partial charge in [0.15, 0.2) is 5.69 Å². The number of hydrogen-bond acceptors (Lipinski definition) is 2. The number of nitrogens with two attached hydrogens (primary N) is 1. The Morgan fingerprint density at radius 1 is 0.933 bits per heavy atom. The Bertz CT molecular complexity index is 517. The lowest BCUT2D eigenvalue weighted by Gasteiger charge is -1.94. The largest absolute Gasteiger partial charge is 0.261 e. The molecular weight excluding hydrogens is 186 g/mol. The summed E-state index contributed by atoms with van der Waals surface area (Å²) in [4.78, 5) is 8.80. The van der Waals surface area contributed by atoms with Crippen molar-refractivity contribution in [1.29, 1.82) is 0 Å². The van der Waals surface area contributed by atoms with Crippen LogP contribution in [0.1, 0.15) is 5.69 Å². The third-order valence-electron chi connectivity index (χ3n) is 2.40. The zero-order chi connectivity index (χ0) is 10.1. The monoisotopic (exact) mass is 196 g/mol. The van der Waals surface area contributed by atoms with Crippen molar-refractivity contribution >= 4 is 17.2 Å². The van der Waals surface area contributed by atoms with Crippen molar-refractivity contribution in [2.75, 3.05) is 0 Å². The van der Waals surface area contributed by atoms with Gasteiger partial charge in [-0.1, -0.05) is 18.2 Å². The maximum Gasteiger partial charge on any atom is 0.256 e. The number of hydrogen-bond donors (Lipinski definition) is 1. The molecule has 2 N–H and O–H groups in total. The van der Waals surface area contributed by atoms with E-state index in [9.17, 15) is 0 Å². The average Bonchev–Trinajstić information content (AvgIpc) is 2.74. The summed E-state index contributed by atoms with van der Waals surface area (Å²) in [6.45, 7) is 0. The van der Waals surface area contributed by atoms with Crippen molar-refractivity contribution in [1.82, 2.24) is 4.98 Å². The first-order chi connectivity index (χ1) is 7.43. The average molecular weight is 196 g/mol. The van der Waals surface area contributed by atoms with Gasteiger partial charge in [-0.3, -0.25) is 5.32 Å². The molecule has 2 aromatic rings. The normalized spacial score (nSPS) is 13.5. The van der Waals surface area contributed by atoms with E-state index in [2.05, 4.69) is 21.4 Å². The fourth-order valence-corrected chi connectivity index (χ4v) is 1.67. The Kier molecular flexibility index (Phi) is 1.83. The van der Waals surface area contributed by atoms with E-state index in [0.29, 0.717) is 0 Å². The summed E-state index contributed by atoms with van der Waals surface area (Å²) in [6.07, 6.45) is 1.79. The van der Waals surface area contributed by atoms with E-state index < -0.39 is 0 Å². The third-order valence-corrected chi connectivity index (χ3v) is 2.40. The SMILES string of the molecule is c1ccc(C2=Nc3ccccc3[NH2+]2)nc1. The summed E-state index contributed by atoms with van der Waals surface area (Å²) in [5, 5.41) is 2.07. The molecule has 3 heteroatoms. The van der Waals surface area contributed by atoms with Gasteiger partial charge in [0.2, 0.25) is 0 Å². The van der Waals surface area contributed by atoms with Crippen molar-refractivity contribution < 1.29 is 5.32 Å². The van der Waals surface area contributed by atoms with E-state index in [1.807, 2.05) is 36.4 Å². The van der Waals surface area contributed by atoms with E-state index >= 15 is 0 Å². The zero-order valence-electron chi connectivity index (χ0n) is 8.09. The maximum absolute atomic E-state index is 4.52. The number of pyridine rings is 1. The van der Waals surface area contributed by atoms with E-state index in [0.717, 1.165) is 22.9 Å². The number of fused-ring (bicyclic) bond motifs is 1. The molecule has 0 radical (unpaired) electrons. The molecule has 0 bridgehead atoms. The van der Waals surface area contributed by atoms with E-state index in [1.54, 1.807) is 6.20 Å². The van der Waals surface area contributed by atoms with E-state index in [4.69, 9.17) is 0 Å². The quantitative estimate of drug-likeness (QED) is 0.688. The lowest BCUT2D eigenvalue weighted by Crippen LogP contribution is -2.80. The number of aromatic nitrogens is 1. The first kappa shape index (κ1) is 8.32. The molecule has 0 unspecified atom stereocenters. The van der Waals surface area contributed by atoms with E-state index in [-0.39, 0.29) is 0 Å². The fraction of sp³-hybridized carbons (Fsp3) is 0.